The highest BCUT2D eigenvalue weighted by atomic mass is 32.2. The van der Waals surface area contributed by atoms with Gasteiger partial charge in [0, 0.05) is 23.5 Å². The highest BCUT2D eigenvalue weighted by Gasteiger charge is 2.36. The molecule has 10 heteroatoms. The molecule has 1 aliphatic rings. The van der Waals surface area contributed by atoms with E-state index < -0.39 is 30.4 Å². The Morgan fingerprint density at radius 1 is 1.23 bits per heavy atom. The highest BCUT2D eigenvalue weighted by Crippen LogP contribution is 2.28. The Labute approximate surface area is 181 Å². The molecule has 0 radical (unpaired) electrons. The number of anilines is 2. The topological polar surface area (TPSA) is 102 Å². The van der Waals surface area contributed by atoms with E-state index in [-0.39, 0.29) is 23.7 Å². The lowest BCUT2D eigenvalue weighted by Crippen LogP contribution is -2.28. The zero-order chi connectivity index (χ0) is 21.7. The van der Waals surface area contributed by atoms with Gasteiger partial charge in [-0.1, -0.05) is 0 Å². The Morgan fingerprint density at radius 3 is 2.63 bits per heavy atom. The van der Waals surface area contributed by atoms with E-state index in [4.69, 9.17) is 4.74 Å². The number of thioether (sulfide) groups is 1. The van der Waals surface area contributed by atoms with E-state index in [9.17, 15) is 19.2 Å². The second kappa shape index (κ2) is 9.77. The summed E-state index contributed by atoms with van der Waals surface area (Å²) >= 11 is 2.73. The third-order valence-corrected chi connectivity index (χ3v) is 6.14. The van der Waals surface area contributed by atoms with Crippen LogP contribution >= 0.6 is 23.1 Å². The van der Waals surface area contributed by atoms with Gasteiger partial charge < -0.3 is 19.7 Å². The fraction of sp³-hybridized carbons (Fsp3) is 0.300. The van der Waals surface area contributed by atoms with Gasteiger partial charge in [0.25, 0.3) is 5.91 Å². The molecule has 2 aromatic rings. The lowest BCUT2D eigenvalue weighted by molar-refractivity contribution is -0.151. The molecule has 1 saturated heterocycles. The predicted octanol–water partition coefficient (Wildman–Crippen LogP) is 2.79. The van der Waals surface area contributed by atoms with Gasteiger partial charge in [-0.2, -0.15) is 0 Å². The number of carbonyl (C=O) groups is 4. The van der Waals surface area contributed by atoms with Crippen LogP contribution in [0.25, 0.3) is 0 Å². The van der Waals surface area contributed by atoms with Crippen molar-refractivity contribution >= 4 is 58.2 Å². The molecule has 1 aliphatic heterocycles. The number of nitrogens with zero attached hydrogens (tertiary/aromatic N) is 1. The van der Waals surface area contributed by atoms with Crippen molar-refractivity contribution < 1.29 is 28.7 Å². The molecular formula is C20H20N2O6S2. The minimum Gasteiger partial charge on any atom is -0.465 e. The van der Waals surface area contributed by atoms with Crippen molar-refractivity contribution in [2.75, 3.05) is 36.7 Å². The molecule has 0 spiro atoms. The van der Waals surface area contributed by atoms with E-state index in [1.807, 2.05) is 30.5 Å². The number of esters is 2. The Kier molecular flexibility index (Phi) is 7.11. The van der Waals surface area contributed by atoms with Crippen molar-refractivity contribution in [3.63, 3.8) is 0 Å². The van der Waals surface area contributed by atoms with Crippen molar-refractivity contribution in [1.29, 1.82) is 0 Å². The smallest absolute Gasteiger partial charge is 0.350 e. The third kappa shape index (κ3) is 5.00. The molecule has 1 unspecified atom stereocenters. The van der Waals surface area contributed by atoms with E-state index in [1.54, 1.807) is 28.1 Å². The summed E-state index contributed by atoms with van der Waals surface area (Å²) in [4.78, 5) is 51.3. The van der Waals surface area contributed by atoms with Crippen LogP contribution in [0.5, 0.6) is 0 Å². The van der Waals surface area contributed by atoms with Crippen molar-refractivity contribution in [3.8, 4) is 0 Å². The number of amides is 2. The molecule has 0 bridgehead atoms. The Hall–Kier alpha value is -2.85. The molecule has 1 atom stereocenters. The number of thiophene rings is 1. The SMILES string of the molecule is COC(=O)c1sccc1NC(=O)COC(=O)C1CC(=O)N(c2ccc(SC)cc2)C1. The number of rotatable bonds is 7. The van der Waals surface area contributed by atoms with Crippen molar-refractivity contribution in [3.05, 3.63) is 40.6 Å². The standard InChI is InChI=1S/C20H20N2O6S2/c1-27-20(26)18-15(7-8-30-18)21-16(23)11-28-19(25)12-9-17(24)22(10-12)13-3-5-14(29-2)6-4-13/h3-8,12H,9-11H2,1-2H3,(H,21,23). The maximum absolute atomic E-state index is 12.3. The van der Waals surface area contributed by atoms with Crippen LogP contribution in [0.4, 0.5) is 11.4 Å². The number of benzene rings is 1. The minimum absolute atomic E-state index is 0.0295. The van der Waals surface area contributed by atoms with Gasteiger partial charge in [-0.25, -0.2) is 4.79 Å². The molecule has 2 amide bonds. The fourth-order valence-electron chi connectivity index (χ4n) is 2.98. The van der Waals surface area contributed by atoms with Gasteiger partial charge in [0.05, 0.1) is 18.7 Å². The number of methoxy groups -OCH3 is 1. The molecule has 8 nitrogen and oxygen atoms in total. The monoisotopic (exact) mass is 448 g/mol. The molecule has 2 heterocycles. The van der Waals surface area contributed by atoms with Crippen LogP contribution in [-0.2, 0) is 23.9 Å². The summed E-state index contributed by atoms with van der Waals surface area (Å²) in [5, 5.41) is 4.16. The number of ether oxygens (including phenoxy) is 2. The normalized spacial score (nSPS) is 15.7. The number of hydrogen-bond acceptors (Lipinski definition) is 8. The molecule has 0 saturated carbocycles. The summed E-state index contributed by atoms with van der Waals surface area (Å²) in [6, 6.07) is 9.06. The van der Waals surface area contributed by atoms with Gasteiger partial charge in [0.2, 0.25) is 5.91 Å². The Bertz CT molecular complexity index is 956. The summed E-state index contributed by atoms with van der Waals surface area (Å²) in [6.07, 6.45) is 1.99. The molecule has 1 aromatic heterocycles. The zero-order valence-electron chi connectivity index (χ0n) is 16.4. The first kappa shape index (κ1) is 21.8. The van der Waals surface area contributed by atoms with Crippen LogP contribution < -0.4 is 10.2 Å². The Balaban J connectivity index is 1.52. The summed E-state index contributed by atoms with van der Waals surface area (Å²) in [6.45, 7) is -0.308. The first-order valence-corrected chi connectivity index (χ1v) is 11.1. The number of nitrogens with one attached hydrogen (secondary N) is 1. The van der Waals surface area contributed by atoms with Crippen molar-refractivity contribution in [2.45, 2.75) is 11.3 Å². The van der Waals surface area contributed by atoms with Gasteiger partial charge >= 0.3 is 11.9 Å². The fourth-order valence-corrected chi connectivity index (χ4v) is 4.15. The maximum atomic E-state index is 12.3. The molecule has 1 fully saturated rings. The van der Waals surface area contributed by atoms with Crippen LogP contribution in [0.2, 0.25) is 0 Å². The first-order chi connectivity index (χ1) is 14.4. The third-order valence-electron chi connectivity index (χ3n) is 4.50. The minimum atomic E-state index is -0.641. The second-order valence-electron chi connectivity index (χ2n) is 6.41. The molecule has 30 heavy (non-hydrogen) atoms. The van der Waals surface area contributed by atoms with Crippen LogP contribution in [0.15, 0.2) is 40.6 Å². The van der Waals surface area contributed by atoms with Gasteiger partial charge in [0.1, 0.15) is 4.88 Å². The zero-order valence-corrected chi connectivity index (χ0v) is 18.0. The summed E-state index contributed by atoms with van der Waals surface area (Å²) in [5.41, 5.74) is 1.02. The van der Waals surface area contributed by atoms with E-state index in [0.29, 0.717) is 5.69 Å². The van der Waals surface area contributed by atoms with E-state index in [2.05, 4.69) is 10.1 Å². The quantitative estimate of drug-likeness (QED) is 0.513. The second-order valence-corrected chi connectivity index (χ2v) is 8.21. The number of carbonyl (C=O) groups excluding carboxylic acids is 4. The van der Waals surface area contributed by atoms with E-state index >= 15 is 0 Å². The summed E-state index contributed by atoms with van der Waals surface area (Å²) in [5.74, 6) is -2.56. The average Bonchev–Trinajstić information content (AvgIpc) is 3.38. The van der Waals surface area contributed by atoms with E-state index in [1.165, 1.54) is 7.11 Å². The van der Waals surface area contributed by atoms with Crippen LogP contribution in [0.1, 0.15) is 16.1 Å². The molecule has 1 aromatic carbocycles. The van der Waals surface area contributed by atoms with E-state index in [0.717, 1.165) is 21.9 Å². The summed E-state index contributed by atoms with van der Waals surface area (Å²) < 4.78 is 9.74. The Morgan fingerprint density at radius 2 is 1.97 bits per heavy atom. The highest BCUT2D eigenvalue weighted by molar-refractivity contribution is 7.98. The van der Waals surface area contributed by atoms with Crippen molar-refractivity contribution in [2.24, 2.45) is 5.92 Å². The van der Waals surface area contributed by atoms with Gasteiger partial charge in [0.15, 0.2) is 6.61 Å². The lowest BCUT2D eigenvalue weighted by Gasteiger charge is -2.16. The van der Waals surface area contributed by atoms with Crippen molar-refractivity contribution in [1.82, 2.24) is 0 Å². The molecule has 0 aliphatic carbocycles. The predicted molar refractivity (Wildman–Crippen MR) is 114 cm³/mol. The first-order valence-electron chi connectivity index (χ1n) is 8.99. The average molecular weight is 449 g/mol. The number of hydrogen-bond donors (Lipinski definition) is 1. The van der Waals surface area contributed by atoms with Crippen LogP contribution in [0.3, 0.4) is 0 Å². The molecule has 1 N–H and O–H groups in total. The van der Waals surface area contributed by atoms with Gasteiger partial charge in [-0.3, -0.25) is 14.4 Å². The van der Waals surface area contributed by atoms with Crippen LogP contribution in [-0.4, -0.2) is 50.3 Å². The summed E-state index contributed by atoms with van der Waals surface area (Å²) in [7, 11) is 1.25. The maximum Gasteiger partial charge on any atom is 0.350 e. The molecule has 3 rings (SSSR count). The lowest BCUT2D eigenvalue weighted by atomic mass is 10.1. The molecular weight excluding hydrogens is 428 g/mol. The molecule has 158 valence electrons. The van der Waals surface area contributed by atoms with Gasteiger partial charge in [-0.05, 0) is 42.0 Å². The largest absolute Gasteiger partial charge is 0.465 e. The van der Waals surface area contributed by atoms with Gasteiger partial charge in [-0.15, -0.1) is 23.1 Å². The van der Waals surface area contributed by atoms with Crippen LogP contribution in [0, 0.1) is 5.92 Å².